The molecule has 2 aromatic carbocycles. The van der Waals surface area contributed by atoms with Crippen LogP contribution in [-0.2, 0) is 12.6 Å². The summed E-state index contributed by atoms with van der Waals surface area (Å²) in [7, 11) is 0. The van der Waals surface area contributed by atoms with E-state index in [1.807, 2.05) is 0 Å². The molecule has 4 nitrogen and oxygen atoms in total. The summed E-state index contributed by atoms with van der Waals surface area (Å²) in [5.41, 5.74) is -0.757. The van der Waals surface area contributed by atoms with Crippen LogP contribution in [0.5, 0.6) is 0 Å². The molecule has 0 bridgehead atoms. The number of rotatable bonds is 3. The van der Waals surface area contributed by atoms with Crippen LogP contribution in [-0.4, -0.2) is 16.1 Å². The van der Waals surface area contributed by atoms with Crippen molar-refractivity contribution in [3.05, 3.63) is 80.1 Å². The maximum atomic E-state index is 12.8. The Morgan fingerprint density at radius 3 is 2.58 bits per heavy atom. The van der Waals surface area contributed by atoms with Gasteiger partial charge in [-0.05, 0) is 35.7 Å². The number of halogens is 4. The second-order valence-electron chi connectivity index (χ2n) is 5.70. The second kappa shape index (κ2) is 6.49. The van der Waals surface area contributed by atoms with E-state index in [1.54, 1.807) is 0 Å². The van der Waals surface area contributed by atoms with Gasteiger partial charge in [-0.1, -0.05) is 29.8 Å². The topological polar surface area (TPSA) is 70.2 Å². The molecule has 0 aliphatic carbocycles. The van der Waals surface area contributed by atoms with Gasteiger partial charge in [0.15, 0.2) is 0 Å². The SMILES string of the molecule is O=C(O)c1c[nH]c2cc(Cl)c(Cc3cccc(C(F)(F)F)c3)cc2c1=O. The van der Waals surface area contributed by atoms with Crippen molar-refractivity contribution in [1.82, 2.24) is 4.98 Å². The number of alkyl halides is 3. The van der Waals surface area contributed by atoms with Crippen molar-refractivity contribution in [2.75, 3.05) is 0 Å². The largest absolute Gasteiger partial charge is 0.477 e. The zero-order valence-corrected chi connectivity index (χ0v) is 13.8. The molecule has 26 heavy (non-hydrogen) atoms. The minimum absolute atomic E-state index is 0.0649. The highest BCUT2D eigenvalue weighted by molar-refractivity contribution is 6.32. The zero-order chi connectivity index (χ0) is 19.1. The van der Waals surface area contributed by atoms with Crippen molar-refractivity contribution in [3.63, 3.8) is 0 Å². The maximum absolute atomic E-state index is 12.8. The number of hydrogen-bond acceptors (Lipinski definition) is 2. The molecule has 134 valence electrons. The molecule has 1 aromatic heterocycles. The number of fused-ring (bicyclic) bond motifs is 1. The van der Waals surface area contributed by atoms with Gasteiger partial charge in [0, 0.05) is 16.6 Å². The van der Waals surface area contributed by atoms with Crippen LogP contribution < -0.4 is 5.43 Å². The third-order valence-electron chi connectivity index (χ3n) is 3.93. The molecule has 2 N–H and O–H groups in total. The lowest BCUT2D eigenvalue weighted by molar-refractivity contribution is -0.137. The fourth-order valence-corrected chi connectivity index (χ4v) is 2.89. The summed E-state index contributed by atoms with van der Waals surface area (Å²) < 4.78 is 38.5. The Kier molecular flexibility index (Phi) is 4.50. The molecule has 0 unspecified atom stereocenters. The standard InChI is InChI=1S/C18H11ClF3NO3/c19-14-7-15-12(16(24)13(8-23-15)17(25)26)6-10(14)4-9-2-1-3-11(5-9)18(20,21)22/h1-3,5-8H,4H2,(H,23,24)(H,25,26). The number of carbonyl (C=O) groups is 1. The summed E-state index contributed by atoms with van der Waals surface area (Å²) in [6, 6.07) is 7.65. The van der Waals surface area contributed by atoms with Gasteiger partial charge >= 0.3 is 12.1 Å². The monoisotopic (exact) mass is 381 g/mol. The molecule has 0 fully saturated rings. The fraction of sp³-hybridized carbons (Fsp3) is 0.111. The number of aromatic amines is 1. The molecule has 0 radical (unpaired) electrons. The van der Waals surface area contributed by atoms with Crippen LogP contribution >= 0.6 is 11.6 Å². The molecule has 1 heterocycles. The average molecular weight is 382 g/mol. The number of nitrogens with one attached hydrogen (secondary N) is 1. The minimum Gasteiger partial charge on any atom is -0.477 e. The van der Waals surface area contributed by atoms with Crippen molar-refractivity contribution in [1.29, 1.82) is 0 Å². The second-order valence-corrected chi connectivity index (χ2v) is 6.11. The van der Waals surface area contributed by atoms with Crippen molar-refractivity contribution in [2.24, 2.45) is 0 Å². The Labute approximate surface area is 149 Å². The third kappa shape index (κ3) is 3.43. The molecular formula is C18H11ClF3NO3. The molecular weight excluding hydrogens is 371 g/mol. The molecule has 3 aromatic rings. The molecule has 8 heteroatoms. The molecule has 0 saturated carbocycles. The van der Waals surface area contributed by atoms with Gasteiger partial charge in [-0.3, -0.25) is 4.79 Å². The van der Waals surface area contributed by atoms with Crippen LogP contribution in [0.1, 0.15) is 27.0 Å². The predicted octanol–water partition coefficient (Wildman–Crippen LogP) is 4.49. The summed E-state index contributed by atoms with van der Waals surface area (Å²) in [6.45, 7) is 0. The molecule has 3 rings (SSSR count). The van der Waals surface area contributed by atoms with E-state index in [4.69, 9.17) is 16.7 Å². The Bertz CT molecular complexity index is 1070. The number of aromatic carboxylic acids is 1. The van der Waals surface area contributed by atoms with E-state index < -0.39 is 28.7 Å². The highest BCUT2D eigenvalue weighted by atomic mass is 35.5. The summed E-state index contributed by atoms with van der Waals surface area (Å²) >= 11 is 6.18. The fourth-order valence-electron chi connectivity index (χ4n) is 2.66. The summed E-state index contributed by atoms with van der Waals surface area (Å²) in [6.07, 6.45) is -3.32. The van der Waals surface area contributed by atoms with E-state index in [9.17, 15) is 22.8 Å². The normalized spacial score (nSPS) is 11.7. The van der Waals surface area contributed by atoms with E-state index >= 15 is 0 Å². The van der Waals surface area contributed by atoms with Crippen LogP contribution in [0.4, 0.5) is 13.2 Å². The lowest BCUT2D eigenvalue weighted by Crippen LogP contribution is -2.15. The highest BCUT2D eigenvalue weighted by Gasteiger charge is 2.30. The summed E-state index contributed by atoms with van der Waals surface area (Å²) in [5.74, 6) is -1.37. The molecule has 0 atom stereocenters. The zero-order valence-electron chi connectivity index (χ0n) is 13.0. The number of pyridine rings is 1. The van der Waals surface area contributed by atoms with Crippen molar-refractivity contribution in [2.45, 2.75) is 12.6 Å². The molecule has 0 aliphatic rings. The average Bonchev–Trinajstić information content (AvgIpc) is 2.55. The maximum Gasteiger partial charge on any atom is 0.416 e. The molecule has 0 amide bonds. The van der Waals surface area contributed by atoms with Crippen molar-refractivity contribution >= 4 is 28.5 Å². The first-order chi connectivity index (χ1) is 12.2. The molecule has 0 aliphatic heterocycles. The summed E-state index contributed by atoms with van der Waals surface area (Å²) in [4.78, 5) is 26.1. The first-order valence-corrected chi connectivity index (χ1v) is 7.78. The number of H-pyrrole nitrogens is 1. The molecule has 0 spiro atoms. The van der Waals surface area contributed by atoms with Gasteiger partial charge in [-0.15, -0.1) is 0 Å². The smallest absolute Gasteiger partial charge is 0.416 e. The number of benzene rings is 2. The van der Waals surface area contributed by atoms with Gasteiger partial charge in [0.05, 0.1) is 11.1 Å². The van der Waals surface area contributed by atoms with Gasteiger partial charge in [-0.2, -0.15) is 13.2 Å². The van der Waals surface area contributed by atoms with Gasteiger partial charge in [-0.25, -0.2) is 4.79 Å². The predicted molar refractivity (Wildman–Crippen MR) is 90.8 cm³/mol. The van der Waals surface area contributed by atoms with Crippen LogP contribution in [0.25, 0.3) is 10.9 Å². The Balaban J connectivity index is 2.08. The van der Waals surface area contributed by atoms with Crippen LogP contribution in [0.3, 0.4) is 0 Å². The highest BCUT2D eigenvalue weighted by Crippen LogP contribution is 2.31. The van der Waals surface area contributed by atoms with E-state index in [2.05, 4.69) is 4.98 Å². The van der Waals surface area contributed by atoms with Gasteiger partial charge in [0.2, 0.25) is 5.43 Å². The van der Waals surface area contributed by atoms with Crippen LogP contribution in [0, 0.1) is 0 Å². The lowest BCUT2D eigenvalue weighted by Gasteiger charge is -2.10. The number of hydrogen-bond donors (Lipinski definition) is 2. The van der Waals surface area contributed by atoms with Crippen molar-refractivity contribution < 1.29 is 23.1 Å². The summed E-state index contributed by atoms with van der Waals surface area (Å²) in [5, 5.41) is 9.40. The number of carboxylic acid groups (broad SMARTS) is 1. The Hall–Kier alpha value is -2.80. The van der Waals surface area contributed by atoms with E-state index in [0.717, 1.165) is 18.3 Å². The first-order valence-electron chi connectivity index (χ1n) is 7.40. The van der Waals surface area contributed by atoms with E-state index in [0.29, 0.717) is 16.6 Å². The Morgan fingerprint density at radius 2 is 1.92 bits per heavy atom. The first kappa shape index (κ1) is 18.0. The van der Waals surface area contributed by atoms with Crippen LogP contribution in [0.15, 0.2) is 47.4 Å². The van der Waals surface area contributed by atoms with Crippen LogP contribution in [0.2, 0.25) is 5.02 Å². The van der Waals surface area contributed by atoms with E-state index in [-0.39, 0.29) is 16.8 Å². The van der Waals surface area contributed by atoms with Crippen molar-refractivity contribution in [3.8, 4) is 0 Å². The van der Waals surface area contributed by atoms with Gasteiger partial charge in [0.1, 0.15) is 5.56 Å². The Morgan fingerprint density at radius 1 is 1.19 bits per heavy atom. The lowest BCUT2D eigenvalue weighted by atomic mass is 10.0. The van der Waals surface area contributed by atoms with Gasteiger partial charge < -0.3 is 10.1 Å². The molecule has 0 saturated heterocycles. The number of aromatic nitrogens is 1. The third-order valence-corrected chi connectivity index (χ3v) is 4.28. The minimum atomic E-state index is -4.46. The van der Waals surface area contributed by atoms with E-state index in [1.165, 1.54) is 24.3 Å². The number of carboxylic acids is 1. The van der Waals surface area contributed by atoms with Gasteiger partial charge in [0.25, 0.3) is 0 Å². The quantitative estimate of drug-likeness (QED) is 0.702.